The van der Waals surface area contributed by atoms with Crippen LogP contribution >= 0.6 is 0 Å². The lowest BCUT2D eigenvalue weighted by Gasteiger charge is -2.21. The van der Waals surface area contributed by atoms with Gasteiger partial charge in [0.15, 0.2) is 9.84 Å². The molecular weight excluding hydrogens is 420 g/mol. The first-order valence-electron chi connectivity index (χ1n) is 10.5. The molecule has 1 fully saturated rings. The van der Waals surface area contributed by atoms with Gasteiger partial charge in [0.05, 0.1) is 22.5 Å². The number of rotatable bonds is 8. The number of carbonyl (C=O) groups is 1. The van der Waals surface area contributed by atoms with Crippen molar-refractivity contribution in [2.24, 2.45) is 0 Å². The highest BCUT2D eigenvalue weighted by Crippen LogP contribution is 2.27. The van der Waals surface area contributed by atoms with Gasteiger partial charge in [-0.2, -0.15) is 5.10 Å². The van der Waals surface area contributed by atoms with Crippen LogP contribution in [0.1, 0.15) is 55.5 Å². The summed E-state index contributed by atoms with van der Waals surface area (Å²) in [4.78, 5) is 23.0. The monoisotopic (exact) mass is 448 g/mol. The first-order valence-corrected chi connectivity index (χ1v) is 12.2. The molecule has 0 unspecified atom stereocenters. The second-order valence-electron chi connectivity index (χ2n) is 8.07. The van der Waals surface area contributed by atoms with E-state index in [2.05, 4.69) is 10.4 Å². The lowest BCUT2D eigenvalue weighted by Crippen LogP contribution is -2.25. The van der Waals surface area contributed by atoms with Crippen LogP contribution in [0.5, 0.6) is 0 Å². The Morgan fingerprint density at radius 1 is 1.26 bits per heavy atom. The molecule has 168 valence electrons. The van der Waals surface area contributed by atoms with Crippen molar-refractivity contribution in [3.63, 3.8) is 0 Å². The molecule has 9 nitrogen and oxygen atoms in total. The average molecular weight is 449 g/mol. The Balaban J connectivity index is 1.60. The lowest BCUT2D eigenvalue weighted by molar-refractivity contribution is -0.386. The van der Waals surface area contributed by atoms with E-state index in [1.807, 2.05) is 0 Å². The zero-order chi connectivity index (χ0) is 22.6. The van der Waals surface area contributed by atoms with E-state index in [0.717, 1.165) is 32.1 Å². The highest BCUT2D eigenvalue weighted by Gasteiger charge is 2.27. The predicted octanol–water partition coefficient (Wildman–Crippen LogP) is 3.68. The van der Waals surface area contributed by atoms with Crippen molar-refractivity contribution in [2.75, 3.05) is 5.32 Å². The third kappa shape index (κ3) is 5.69. The molecule has 1 saturated carbocycles. The third-order valence-corrected chi connectivity index (χ3v) is 7.94. The lowest BCUT2D eigenvalue weighted by atomic mass is 10.0. The summed E-state index contributed by atoms with van der Waals surface area (Å²) in [6, 6.07) is 6.88. The maximum atomic E-state index is 12.7. The van der Waals surface area contributed by atoms with Crippen LogP contribution in [0.3, 0.4) is 0 Å². The van der Waals surface area contributed by atoms with Crippen molar-refractivity contribution >= 4 is 27.1 Å². The van der Waals surface area contributed by atoms with Gasteiger partial charge in [0, 0.05) is 12.1 Å². The van der Waals surface area contributed by atoms with Gasteiger partial charge in [-0.05, 0) is 44.4 Å². The Labute approximate surface area is 181 Å². The van der Waals surface area contributed by atoms with Gasteiger partial charge in [0.2, 0.25) is 5.91 Å². The molecule has 3 rings (SSSR count). The molecule has 1 aliphatic rings. The molecule has 0 saturated heterocycles. The molecule has 31 heavy (non-hydrogen) atoms. The molecule has 1 aromatic carbocycles. The average Bonchev–Trinajstić information content (AvgIpc) is 3.00. The smallest absolute Gasteiger partial charge is 0.312 e. The van der Waals surface area contributed by atoms with Gasteiger partial charge in [0.25, 0.3) is 0 Å². The molecule has 0 spiro atoms. The van der Waals surface area contributed by atoms with Crippen molar-refractivity contribution in [1.29, 1.82) is 0 Å². The minimum Gasteiger partial charge on any atom is -0.326 e. The van der Waals surface area contributed by atoms with Crippen LogP contribution in [-0.4, -0.2) is 34.3 Å². The Bertz CT molecular complexity index is 1070. The van der Waals surface area contributed by atoms with Gasteiger partial charge in [-0.15, -0.1) is 0 Å². The summed E-state index contributed by atoms with van der Waals surface area (Å²) in [6.45, 7) is 3.38. The number of aromatic nitrogens is 2. The number of aryl methyl sites for hydroxylation is 2. The standard InChI is InChI=1S/C21H28N4O5S/c1-15-21(25(27)28)16(2)24(23-15)12-11-20(26)22-18-8-6-7-17(13-18)14-31(29,30)19-9-4-3-5-10-19/h6-8,13,19H,3-5,9-12,14H2,1-2H3,(H,22,26). The normalized spacial score (nSPS) is 15.0. The highest BCUT2D eigenvalue weighted by atomic mass is 32.2. The van der Waals surface area contributed by atoms with E-state index in [9.17, 15) is 23.3 Å². The number of hydrogen-bond acceptors (Lipinski definition) is 6. The summed E-state index contributed by atoms with van der Waals surface area (Å²) >= 11 is 0. The molecule has 0 radical (unpaired) electrons. The molecular formula is C21H28N4O5S. The van der Waals surface area contributed by atoms with Crippen LogP contribution in [0.4, 0.5) is 11.4 Å². The van der Waals surface area contributed by atoms with E-state index in [-0.39, 0.29) is 35.6 Å². The number of hydrogen-bond donors (Lipinski definition) is 1. The summed E-state index contributed by atoms with van der Waals surface area (Å²) in [5.41, 5.74) is 1.87. The zero-order valence-corrected chi connectivity index (χ0v) is 18.7. The fraction of sp³-hybridized carbons (Fsp3) is 0.524. The summed E-state index contributed by atoms with van der Waals surface area (Å²) < 4.78 is 26.9. The molecule has 2 aromatic rings. The fourth-order valence-corrected chi connectivity index (χ4v) is 6.05. The Morgan fingerprint density at radius 2 is 1.97 bits per heavy atom. The fourth-order valence-electron chi connectivity index (χ4n) is 4.11. The first-order chi connectivity index (χ1) is 14.7. The van der Waals surface area contributed by atoms with Crippen molar-refractivity contribution in [3.8, 4) is 0 Å². The number of carbonyl (C=O) groups excluding carboxylic acids is 1. The van der Waals surface area contributed by atoms with Crippen LogP contribution in [0.2, 0.25) is 0 Å². The topological polar surface area (TPSA) is 124 Å². The minimum atomic E-state index is -3.22. The van der Waals surface area contributed by atoms with E-state index in [0.29, 0.717) is 22.6 Å². The van der Waals surface area contributed by atoms with E-state index in [1.54, 1.807) is 38.1 Å². The number of anilines is 1. The number of benzene rings is 1. The number of nitro groups is 1. The van der Waals surface area contributed by atoms with Gasteiger partial charge < -0.3 is 5.32 Å². The van der Waals surface area contributed by atoms with Crippen molar-refractivity contribution < 1.29 is 18.1 Å². The Hall–Kier alpha value is -2.75. The summed E-state index contributed by atoms with van der Waals surface area (Å²) in [5, 5.41) is 17.7. The molecule has 0 bridgehead atoms. The maximum Gasteiger partial charge on any atom is 0.312 e. The van der Waals surface area contributed by atoms with Gasteiger partial charge >= 0.3 is 5.69 Å². The quantitative estimate of drug-likeness (QED) is 0.485. The molecule has 1 amide bonds. The predicted molar refractivity (Wildman–Crippen MR) is 118 cm³/mol. The summed E-state index contributed by atoms with van der Waals surface area (Å²) in [6.07, 6.45) is 4.55. The number of amides is 1. The van der Waals surface area contributed by atoms with Crippen LogP contribution < -0.4 is 5.32 Å². The van der Waals surface area contributed by atoms with Crippen molar-refractivity contribution in [1.82, 2.24) is 9.78 Å². The zero-order valence-electron chi connectivity index (χ0n) is 17.8. The number of nitrogens with one attached hydrogen (secondary N) is 1. The largest absolute Gasteiger partial charge is 0.326 e. The second kappa shape index (κ2) is 9.59. The highest BCUT2D eigenvalue weighted by molar-refractivity contribution is 7.91. The van der Waals surface area contributed by atoms with Crippen LogP contribution in [-0.2, 0) is 26.9 Å². The van der Waals surface area contributed by atoms with Crippen LogP contribution in [0.25, 0.3) is 0 Å². The van der Waals surface area contributed by atoms with Gasteiger partial charge in [-0.1, -0.05) is 31.4 Å². The minimum absolute atomic E-state index is 0.0309. The third-order valence-electron chi connectivity index (χ3n) is 5.72. The second-order valence-corrected chi connectivity index (χ2v) is 10.3. The molecule has 1 heterocycles. The Kier molecular flexibility index (Phi) is 7.09. The van der Waals surface area contributed by atoms with Crippen LogP contribution in [0.15, 0.2) is 24.3 Å². The first kappa shape index (κ1) is 22.9. The van der Waals surface area contributed by atoms with Crippen molar-refractivity contribution in [3.05, 3.63) is 51.3 Å². The van der Waals surface area contributed by atoms with E-state index in [4.69, 9.17) is 0 Å². The molecule has 1 aromatic heterocycles. The van der Waals surface area contributed by atoms with Gasteiger partial charge in [-0.3, -0.25) is 19.6 Å². The molecule has 10 heteroatoms. The summed E-state index contributed by atoms with van der Waals surface area (Å²) in [7, 11) is -3.22. The van der Waals surface area contributed by atoms with E-state index < -0.39 is 14.8 Å². The van der Waals surface area contributed by atoms with Gasteiger partial charge in [-0.25, -0.2) is 8.42 Å². The molecule has 1 aliphatic carbocycles. The number of sulfone groups is 1. The van der Waals surface area contributed by atoms with E-state index in [1.165, 1.54) is 4.68 Å². The van der Waals surface area contributed by atoms with E-state index >= 15 is 0 Å². The SMILES string of the molecule is Cc1nn(CCC(=O)Nc2cccc(CS(=O)(=O)C3CCCCC3)c2)c(C)c1[N+](=O)[O-]. The molecule has 1 N–H and O–H groups in total. The van der Waals surface area contributed by atoms with Crippen LogP contribution in [0, 0.1) is 24.0 Å². The Morgan fingerprint density at radius 3 is 2.61 bits per heavy atom. The molecule has 0 aliphatic heterocycles. The number of nitrogens with zero attached hydrogens (tertiary/aromatic N) is 3. The molecule has 0 atom stereocenters. The van der Waals surface area contributed by atoms with Crippen molar-refractivity contribution in [2.45, 2.75) is 69.9 Å². The maximum absolute atomic E-state index is 12.7. The van der Waals surface area contributed by atoms with Gasteiger partial charge in [0.1, 0.15) is 11.4 Å². The summed E-state index contributed by atoms with van der Waals surface area (Å²) in [5.74, 6) is -0.306.